The lowest BCUT2D eigenvalue weighted by Crippen LogP contribution is -2.27. The number of nitrogens with zero attached hydrogens (tertiary/aromatic N) is 4. The van der Waals surface area contributed by atoms with Crippen LogP contribution in [0.1, 0.15) is 28.1 Å². The molecule has 1 saturated heterocycles. The maximum atomic E-state index is 13.1. The zero-order valence-corrected chi connectivity index (χ0v) is 19.5. The number of aryl methyl sites for hydroxylation is 1. The molecule has 0 atom stereocenters. The number of benzene rings is 2. The number of carbonyl (C=O) groups excluding carboxylic acids is 2. The molecule has 1 aliphatic heterocycles. The number of hydrogen-bond donors (Lipinski definition) is 0. The standard InChI is InChI=1S/C27H20N4O2S/c1-17-12-22(18(2)31(17)23-9-10-24-19(13-23)8-5-11-29-24)14-25-26(32)30(27(33)34-25)16-21-7-4-3-6-20(21)15-28/h3-14H,16H2,1-2H3/b25-14+. The quantitative estimate of drug-likeness (QED) is 0.359. The average molecular weight is 465 g/mol. The lowest BCUT2D eigenvalue weighted by Gasteiger charge is -2.13. The van der Waals surface area contributed by atoms with Crippen LogP contribution in [-0.2, 0) is 11.3 Å². The Balaban J connectivity index is 1.46. The van der Waals surface area contributed by atoms with Gasteiger partial charge in [-0.1, -0.05) is 24.3 Å². The summed E-state index contributed by atoms with van der Waals surface area (Å²) in [6.45, 7) is 4.10. The average Bonchev–Trinajstić information content (AvgIpc) is 3.27. The van der Waals surface area contributed by atoms with Crippen molar-refractivity contribution in [2.75, 3.05) is 0 Å². The van der Waals surface area contributed by atoms with E-state index < -0.39 is 0 Å². The Morgan fingerprint density at radius 3 is 2.71 bits per heavy atom. The summed E-state index contributed by atoms with van der Waals surface area (Å²) in [5.74, 6) is -0.343. The molecule has 0 saturated carbocycles. The van der Waals surface area contributed by atoms with E-state index in [9.17, 15) is 14.9 Å². The zero-order valence-electron chi connectivity index (χ0n) is 18.6. The third-order valence-electron chi connectivity index (χ3n) is 5.94. The highest BCUT2D eigenvalue weighted by atomic mass is 32.2. The van der Waals surface area contributed by atoms with E-state index in [1.54, 1.807) is 36.5 Å². The largest absolute Gasteiger partial charge is 0.318 e. The smallest absolute Gasteiger partial charge is 0.293 e. The van der Waals surface area contributed by atoms with Crippen LogP contribution in [0.25, 0.3) is 22.7 Å². The van der Waals surface area contributed by atoms with Gasteiger partial charge in [-0.3, -0.25) is 19.5 Å². The number of aromatic nitrogens is 2. The number of nitriles is 1. The van der Waals surface area contributed by atoms with Gasteiger partial charge in [-0.2, -0.15) is 5.26 Å². The number of hydrogen-bond acceptors (Lipinski definition) is 5. The molecule has 6 nitrogen and oxygen atoms in total. The first-order valence-electron chi connectivity index (χ1n) is 10.7. The monoisotopic (exact) mass is 464 g/mol. The van der Waals surface area contributed by atoms with Gasteiger partial charge in [0.2, 0.25) is 0 Å². The van der Waals surface area contributed by atoms with Gasteiger partial charge in [0.15, 0.2) is 0 Å². The van der Waals surface area contributed by atoms with Crippen molar-refractivity contribution in [2.24, 2.45) is 0 Å². The fraction of sp³-hybridized carbons (Fsp3) is 0.111. The molecule has 2 aromatic heterocycles. The molecule has 166 valence electrons. The van der Waals surface area contributed by atoms with E-state index in [0.717, 1.165) is 45.3 Å². The summed E-state index contributed by atoms with van der Waals surface area (Å²) in [5.41, 5.74) is 5.93. The molecular formula is C27H20N4O2S. The third-order valence-corrected chi connectivity index (χ3v) is 6.85. The number of amides is 2. The van der Waals surface area contributed by atoms with Crippen LogP contribution in [0.15, 0.2) is 71.8 Å². The van der Waals surface area contributed by atoms with Gasteiger partial charge in [-0.15, -0.1) is 0 Å². The van der Waals surface area contributed by atoms with Crippen molar-refractivity contribution >= 4 is 39.9 Å². The van der Waals surface area contributed by atoms with Crippen LogP contribution in [0.4, 0.5) is 4.79 Å². The Morgan fingerprint density at radius 1 is 1.06 bits per heavy atom. The maximum absolute atomic E-state index is 13.1. The predicted octanol–water partition coefficient (Wildman–Crippen LogP) is 5.75. The van der Waals surface area contributed by atoms with E-state index in [1.165, 1.54) is 4.90 Å². The minimum atomic E-state index is -0.343. The highest BCUT2D eigenvalue weighted by Gasteiger charge is 2.35. The first-order valence-corrected chi connectivity index (χ1v) is 11.6. The summed E-state index contributed by atoms with van der Waals surface area (Å²) < 4.78 is 2.13. The molecule has 0 aliphatic carbocycles. The molecule has 4 aromatic rings. The number of imide groups is 1. The number of thioether (sulfide) groups is 1. The van der Waals surface area contributed by atoms with Crippen LogP contribution in [0, 0.1) is 25.2 Å². The predicted molar refractivity (Wildman–Crippen MR) is 133 cm³/mol. The van der Waals surface area contributed by atoms with Crippen LogP contribution in [0.5, 0.6) is 0 Å². The summed E-state index contributed by atoms with van der Waals surface area (Å²) in [7, 11) is 0. The number of rotatable bonds is 4. The fourth-order valence-corrected chi connectivity index (χ4v) is 5.08. The topological polar surface area (TPSA) is 79.0 Å². The minimum absolute atomic E-state index is 0.0793. The van der Waals surface area contributed by atoms with Crippen molar-refractivity contribution in [2.45, 2.75) is 20.4 Å². The molecule has 1 aliphatic rings. The van der Waals surface area contributed by atoms with Crippen LogP contribution in [0.3, 0.4) is 0 Å². The highest BCUT2D eigenvalue weighted by molar-refractivity contribution is 8.18. The first-order chi connectivity index (χ1) is 16.5. The number of pyridine rings is 1. The molecule has 2 aromatic carbocycles. The van der Waals surface area contributed by atoms with Gasteiger partial charge < -0.3 is 4.57 Å². The number of carbonyl (C=O) groups is 2. The van der Waals surface area contributed by atoms with Gasteiger partial charge in [-0.05, 0) is 79.2 Å². The molecule has 0 spiro atoms. The minimum Gasteiger partial charge on any atom is -0.318 e. The Kier molecular flexibility index (Phi) is 5.52. The molecule has 7 heteroatoms. The van der Waals surface area contributed by atoms with E-state index in [2.05, 4.69) is 21.7 Å². The molecule has 5 rings (SSSR count). The summed E-state index contributed by atoms with van der Waals surface area (Å²) in [6, 6.07) is 21.2. The fourth-order valence-electron chi connectivity index (χ4n) is 4.25. The molecule has 0 unspecified atom stereocenters. The lowest BCUT2D eigenvalue weighted by molar-refractivity contribution is -0.123. The van der Waals surface area contributed by atoms with Crippen LogP contribution in [0.2, 0.25) is 0 Å². The third kappa shape index (κ3) is 3.78. The molecule has 1 fully saturated rings. The second-order valence-corrected chi connectivity index (χ2v) is 9.07. The maximum Gasteiger partial charge on any atom is 0.293 e. The summed E-state index contributed by atoms with van der Waals surface area (Å²) in [4.78, 5) is 31.6. The Bertz CT molecular complexity index is 1540. The van der Waals surface area contributed by atoms with Gasteiger partial charge in [0.05, 0.1) is 28.6 Å². The van der Waals surface area contributed by atoms with Crippen molar-refractivity contribution in [1.82, 2.24) is 14.5 Å². The zero-order chi connectivity index (χ0) is 23.8. The van der Waals surface area contributed by atoms with Crippen LogP contribution < -0.4 is 0 Å². The Labute approximate surface area is 201 Å². The number of fused-ring (bicyclic) bond motifs is 1. The summed E-state index contributed by atoms with van der Waals surface area (Å²) >= 11 is 0.929. The second kappa shape index (κ2) is 8.65. The van der Waals surface area contributed by atoms with Crippen LogP contribution in [-0.4, -0.2) is 25.6 Å². The van der Waals surface area contributed by atoms with Crippen molar-refractivity contribution in [3.05, 3.63) is 99.8 Å². The second-order valence-electron chi connectivity index (χ2n) is 8.08. The van der Waals surface area contributed by atoms with Crippen molar-refractivity contribution in [3.63, 3.8) is 0 Å². The first kappa shape index (κ1) is 21.7. The van der Waals surface area contributed by atoms with Crippen molar-refractivity contribution < 1.29 is 9.59 Å². The highest BCUT2D eigenvalue weighted by Crippen LogP contribution is 2.35. The van der Waals surface area contributed by atoms with Gasteiger partial charge in [0, 0.05) is 28.7 Å². The van der Waals surface area contributed by atoms with Gasteiger partial charge >= 0.3 is 0 Å². The van der Waals surface area contributed by atoms with Gasteiger partial charge in [0.25, 0.3) is 11.1 Å². The molecule has 34 heavy (non-hydrogen) atoms. The van der Waals surface area contributed by atoms with E-state index in [-0.39, 0.29) is 17.7 Å². The van der Waals surface area contributed by atoms with Crippen molar-refractivity contribution in [3.8, 4) is 11.8 Å². The van der Waals surface area contributed by atoms with Crippen LogP contribution >= 0.6 is 11.8 Å². The molecular weight excluding hydrogens is 444 g/mol. The Morgan fingerprint density at radius 2 is 1.88 bits per heavy atom. The van der Waals surface area contributed by atoms with E-state index >= 15 is 0 Å². The molecule has 0 N–H and O–H groups in total. The molecule has 0 bridgehead atoms. The molecule has 3 heterocycles. The van der Waals surface area contributed by atoms with E-state index in [1.807, 2.05) is 44.2 Å². The summed E-state index contributed by atoms with van der Waals surface area (Å²) in [5, 5.41) is 10.0. The van der Waals surface area contributed by atoms with Gasteiger partial charge in [-0.25, -0.2) is 0 Å². The van der Waals surface area contributed by atoms with Crippen molar-refractivity contribution in [1.29, 1.82) is 5.26 Å². The summed E-state index contributed by atoms with van der Waals surface area (Å²) in [6.07, 6.45) is 3.56. The Hall–Kier alpha value is -4.15. The lowest BCUT2D eigenvalue weighted by atomic mass is 10.1. The molecule has 0 radical (unpaired) electrons. The SMILES string of the molecule is Cc1cc(/C=C2/SC(=O)N(Cc3ccccc3C#N)C2=O)c(C)n1-c1ccc2ncccc2c1. The normalized spacial score (nSPS) is 14.9. The van der Waals surface area contributed by atoms with E-state index in [0.29, 0.717) is 16.0 Å². The van der Waals surface area contributed by atoms with E-state index in [4.69, 9.17) is 0 Å². The molecule has 2 amide bonds. The van der Waals surface area contributed by atoms with Gasteiger partial charge in [0.1, 0.15) is 0 Å².